The van der Waals surface area contributed by atoms with Crippen molar-refractivity contribution in [3.63, 3.8) is 0 Å². The second-order valence-electron chi connectivity index (χ2n) is 4.46. The zero-order valence-corrected chi connectivity index (χ0v) is 10.1. The van der Waals surface area contributed by atoms with Crippen molar-refractivity contribution in [2.75, 3.05) is 0 Å². The van der Waals surface area contributed by atoms with Gasteiger partial charge in [0.15, 0.2) is 0 Å². The summed E-state index contributed by atoms with van der Waals surface area (Å²) in [5, 5.41) is 8.82. The van der Waals surface area contributed by atoms with Gasteiger partial charge in [-0.15, -0.1) is 0 Å². The summed E-state index contributed by atoms with van der Waals surface area (Å²) >= 11 is 0. The highest BCUT2D eigenvalue weighted by Gasteiger charge is 2.10. The van der Waals surface area contributed by atoms with Crippen molar-refractivity contribution >= 4 is 17.0 Å². The topological polar surface area (TPSA) is 55.1 Å². The van der Waals surface area contributed by atoms with Gasteiger partial charge in [-0.2, -0.15) is 0 Å². The van der Waals surface area contributed by atoms with Crippen LogP contribution in [0.3, 0.4) is 0 Å². The first-order valence-corrected chi connectivity index (χ1v) is 5.70. The second kappa shape index (κ2) is 4.57. The number of fused-ring (bicyclic) bond motifs is 1. The number of aliphatic carboxylic acids is 1. The van der Waals surface area contributed by atoms with Crippen molar-refractivity contribution in [3.05, 3.63) is 30.1 Å². The van der Waals surface area contributed by atoms with E-state index in [2.05, 4.69) is 4.98 Å². The minimum atomic E-state index is -0.732. The van der Waals surface area contributed by atoms with Crippen molar-refractivity contribution in [1.82, 2.24) is 9.55 Å². The van der Waals surface area contributed by atoms with Crippen LogP contribution in [0, 0.1) is 5.92 Å². The van der Waals surface area contributed by atoms with E-state index in [0.717, 1.165) is 23.0 Å². The number of carboxylic acids is 1. The Bertz CT molecular complexity index is 545. The predicted molar refractivity (Wildman–Crippen MR) is 65.8 cm³/mol. The van der Waals surface area contributed by atoms with E-state index in [1.807, 2.05) is 29.8 Å². The number of imidazole rings is 1. The molecule has 0 radical (unpaired) electrons. The molecule has 1 N–H and O–H groups in total. The van der Waals surface area contributed by atoms with Crippen LogP contribution in [-0.4, -0.2) is 20.6 Å². The smallest absolute Gasteiger partial charge is 0.306 e. The molecule has 0 amide bonds. The summed E-state index contributed by atoms with van der Waals surface area (Å²) in [5.41, 5.74) is 3.21. The average Bonchev–Trinajstić information content (AvgIpc) is 2.67. The van der Waals surface area contributed by atoms with Crippen molar-refractivity contribution in [1.29, 1.82) is 0 Å². The molecular formula is C13H16N2O2. The van der Waals surface area contributed by atoms with Crippen molar-refractivity contribution < 1.29 is 9.90 Å². The van der Waals surface area contributed by atoms with Gasteiger partial charge in [0.25, 0.3) is 0 Å². The van der Waals surface area contributed by atoms with Crippen LogP contribution in [0.2, 0.25) is 0 Å². The van der Waals surface area contributed by atoms with Gasteiger partial charge in [-0.25, -0.2) is 4.98 Å². The summed E-state index contributed by atoms with van der Waals surface area (Å²) in [6.45, 7) is 1.74. The Balaban J connectivity index is 2.12. The van der Waals surface area contributed by atoms with Gasteiger partial charge in [0.1, 0.15) is 0 Å². The molecule has 1 atom stereocenters. The number of benzene rings is 1. The highest BCUT2D eigenvalue weighted by molar-refractivity contribution is 5.76. The van der Waals surface area contributed by atoms with E-state index in [-0.39, 0.29) is 5.92 Å². The Morgan fingerprint density at radius 1 is 1.53 bits per heavy atom. The molecule has 1 aromatic heterocycles. The van der Waals surface area contributed by atoms with Crippen molar-refractivity contribution in [2.45, 2.75) is 19.8 Å². The standard InChI is InChI=1S/C13H16N2O2/c1-9(13(16)17)3-4-10-5-6-12-11(7-10)14-8-15(12)2/h5-9H,3-4H2,1-2H3,(H,16,17). The van der Waals surface area contributed by atoms with Gasteiger partial charge >= 0.3 is 5.97 Å². The van der Waals surface area contributed by atoms with Crippen molar-refractivity contribution in [3.8, 4) is 0 Å². The third-order valence-electron chi connectivity index (χ3n) is 3.08. The van der Waals surface area contributed by atoms with Crippen molar-refractivity contribution in [2.24, 2.45) is 13.0 Å². The molecule has 0 saturated heterocycles. The molecule has 0 spiro atoms. The summed E-state index contributed by atoms with van der Waals surface area (Å²) in [4.78, 5) is 15.0. The fraction of sp³-hybridized carbons (Fsp3) is 0.385. The SMILES string of the molecule is CC(CCc1ccc2c(c1)ncn2C)C(=O)O. The molecule has 0 fully saturated rings. The molecule has 90 valence electrons. The largest absolute Gasteiger partial charge is 0.481 e. The van der Waals surface area contributed by atoms with Crippen LogP contribution < -0.4 is 0 Å². The third-order valence-corrected chi connectivity index (χ3v) is 3.08. The molecule has 1 heterocycles. The minimum absolute atomic E-state index is 0.297. The molecule has 0 saturated carbocycles. The van der Waals surface area contributed by atoms with Crippen LogP contribution in [0.15, 0.2) is 24.5 Å². The van der Waals surface area contributed by atoms with E-state index in [4.69, 9.17) is 5.11 Å². The Morgan fingerprint density at radius 3 is 3.00 bits per heavy atom. The molecule has 4 heteroatoms. The lowest BCUT2D eigenvalue weighted by Gasteiger charge is -2.06. The molecule has 2 aromatic rings. The first kappa shape index (κ1) is 11.6. The van der Waals surface area contributed by atoms with Gasteiger partial charge in [-0.1, -0.05) is 13.0 Å². The molecule has 0 aliphatic carbocycles. The zero-order chi connectivity index (χ0) is 12.4. The molecule has 1 unspecified atom stereocenters. The van der Waals surface area contributed by atoms with Crippen LogP contribution in [0.25, 0.3) is 11.0 Å². The lowest BCUT2D eigenvalue weighted by atomic mass is 10.0. The predicted octanol–water partition coefficient (Wildman–Crippen LogP) is 2.23. The van der Waals surface area contributed by atoms with Gasteiger partial charge < -0.3 is 9.67 Å². The lowest BCUT2D eigenvalue weighted by molar-refractivity contribution is -0.141. The monoisotopic (exact) mass is 232 g/mol. The van der Waals surface area contributed by atoms with E-state index in [1.54, 1.807) is 13.3 Å². The first-order chi connectivity index (χ1) is 8.08. The molecular weight excluding hydrogens is 216 g/mol. The fourth-order valence-electron chi connectivity index (χ4n) is 1.84. The molecule has 0 aliphatic heterocycles. The Hall–Kier alpha value is -1.84. The lowest BCUT2D eigenvalue weighted by Crippen LogP contribution is -2.10. The van der Waals surface area contributed by atoms with Gasteiger partial charge in [-0.3, -0.25) is 4.79 Å². The normalized spacial score (nSPS) is 12.8. The number of aryl methyl sites for hydroxylation is 2. The number of rotatable bonds is 4. The van der Waals surface area contributed by atoms with Crippen LogP contribution >= 0.6 is 0 Å². The second-order valence-corrected chi connectivity index (χ2v) is 4.46. The summed E-state index contributed by atoms with van der Waals surface area (Å²) in [5.74, 6) is -1.03. The Morgan fingerprint density at radius 2 is 2.29 bits per heavy atom. The van der Waals surface area contributed by atoms with Crippen LogP contribution in [0.5, 0.6) is 0 Å². The van der Waals surface area contributed by atoms with Crippen LogP contribution in [-0.2, 0) is 18.3 Å². The average molecular weight is 232 g/mol. The highest BCUT2D eigenvalue weighted by atomic mass is 16.4. The molecule has 4 nitrogen and oxygen atoms in total. The van der Waals surface area contributed by atoms with Crippen LogP contribution in [0.4, 0.5) is 0 Å². The minimum Gasteiger partial charge on any atom is -0.481 e. The summed E-state index contributed by atoms with van der Waals surface area (Å²) in [7, 11) is 1.96. The number of carboxylic acid groups (broad SMARTS) is 1. The van der Waals surface area contributed by atoms with Gasteiger partial charge in [-0.05, 0) is 30.5 Å². The summed E-state index contributed by atoms with van der Waals surface area (Å²) in [6.07, 6.45) is 3.22. The Kier molecular flexibility index (Phi) is 3.13. The molecule has 0 bridgehead atoms. The number of nitrogens with zero attached hydrogens (tertiary/aromatic N) is 2. The maximum atomic E-state index is 10.7. The highest BCUT2D eigenvalue weighted by Crippen LogP contribution is 2.16. The number of aromatic nitrogens is 2. The third kappa shape index (κ3) is 2.46. The summed E-state index contributed by atoms with van der Waals surface area (Å²) < 4.78 is 1.97. The first-order valence-electron chi connectivity index (χ1n) is 5.70. The maximum absolute atomic E-state index is 10.7. The zero-order valence-electron chi connectivity index (χ0n) is 10.1. The van der Waals surface area contributed by atoms with E-state index < -0.39 is 5.97 Å². The molecule has 17 heavy (non-hydrogen) atoms. The summed E-state index contributed by atoms with van der Waals surface area (Å²) in [6, 6.07) is 6.10. The van der Waals surface area contributed by atoms with E-state index in [0.29, 0.717) is 6.42 Å². The number of hydrogen-bond donors (Lipinski definition) is 1. The number of carbonyl (C=O) groups is 1. The van der Waals surface area contributed by atoms with E-state index in [9.17, 15) is 4.79 Å². The molecule has 0 aliphatic rings. The Labute approximate surface area is 99.9 Å². The van der Waals surface area contributed by atoms with Gasteiger partial charge in [0.2, 0.25) is 0 Å². The number of hydrogen-bond acceptors (Lipinski definition) is 2. The van der Waals surface area contributed by atoms with E-state index in [1.165, 1.54) is 0 Å². The quantitative estimate of drug-likeness (QED) is 0.879. The maximum Gasteiger partial charge on any atom is 0.306 e. The van der Waals surface area contributed by atoms with E-state index >= 15 is 0 Å². The molecule has 2 rings (SSSR count). The van der Waals surface area contributed by atoms with Crippen LogP contribution in [0.1, 0.15) is 18.9 Å². The van der Waals surface area contributed by atoms with Gasteiger partial charge in [0.05, 0.1) is 23.3 Å². The van der Waals surface area contributed by atoms with Gasteiger partial charge in [0, 0.05) is 7.05 Å². The fourth-order valence-corrected chi connectivity index (χ4v) is 1.84. The molecule has 1 aromatic carbocycles.